The van der Waals surface area contributed by atoms with Crippen molar-refractivity contribution >= 4 is 5.95 Å². The van der Waals surface area contributed by atoms with E-state index in [0.29, 0.717) is 36.5 Å². The van der Waals surface area contributed by atoms with Gasteiger partial charge < -0.3 is 24.2 Å². The lowest BCUT2D eigenvalue weighted by atomic mass is 9.62. The summed E-state index contributed by atoms with van der Waals surface area (Å²) >= 11 is 0. The summed E-state index contributed by atoms with van der Waals surface area (Å²) in [6.07, 6.45) is 3.46. The lowest BCUT2D eigenvalue weighted by Crippen LogP contribution is -2.63. The zero-order valence-corrected chi connectivity index (χ0v) is 20.4. The number of hydrogen-bond donors (Lipinski definition) is 1. The largest absolute Gasteiger partial charge is 0.380 e. The molecular weight excluding hydrogens is 430 g/mol. The molecule has 5 rings (SSSR count). The monoisotopic (exact) mass is 463 g/mol. The minimum atomic E-state index is -1.22. The molecule has 0 saturated carbocycles. The lowest BCUT2D eigenvalue weighted by molar-refractivity contribution is -0.127. The Morgan fingerprint density at radius 3 is 2.41 bits per heavy atom. The average molecular weight is 464 g/mol. The molecule has 1 atom stereocenters. The third-order valence-electron chi connectivity index (χ3n) is 7.22. The maximum absolute atomic E-state index is 12.4. The molecule has 8 heteroatoms. The standard InChI is InChI=1S/C26H33N5O3/c1-18(2)19-5-7-21(8-6-19)26(32,25(3)16-30(4)17-25)22-13-20(14-27-15-22)23-28-24(29-34-23)31-9-11-33-12-10-31/h5-8,13-15,18,32H,9-12,16-17H2,1-4H3/t26-/m0/s1. The van der Waals surface area contributed by atoms with E-state index in [2.05, 4.69) is 72.1 Å². The first-order chi connectivity index (χ1) is 16.3. The Bertz CT molecular complexity index is 1130. The summed E-state index contributed by atoms with van der Waals surface area (Å²) in [5, 5.41) is 16.6. The van der Waals surface area contributed by atoms with E-state index in [1.807, 2.05) is 11.0 Å². The number of hydrogen-bond acceptors (Lipinski definition) is 8. The van der Waals surface area contributed by atoms with Gasteiger partial charge in [0.1, 0.15) is 5.60 Å². The molecule has 1 N–H and O–H groups in total. The normalized spacial score (nSPS) is 20.2. The van der Waals surface area contributed by atoms with Gasteiger partial charge in [-0.1, -0.05) is 45.0 Å². The molecule has 1 aromatic carbocycles. The molecule has 3 aromatic rings. The maximum atomic E-state index is 12.4. The van der Waals surface area contributed by atoms with Gasteiger partial charge in [-0.3, -0.25) is 4.98 Å². The van der Waals surface area contributed by atoms with Gasteiger partial charge in [0.15, 0.2) is 0 Å². The second kappa shape index (κ2) is 8.76. The van der Waals surface area contributed by atoms with Gasteiger partial charge in [0.2, 0.25) is 0 Å². The molecule has 2 aromatic heterocycles. The van der Waals surface area contributed by atoms with Crippen LogP contribution < -0.4 is 4.90 Å². The molecule has 2 fully saturated rings. The van der Waals surface area contributed by atoms with E-state index in [0.717, 1.165) is 37.3 Å². The number of anilines is 1. The Kier molecular flexibility index (Phi) is 5.91. The third kappa shape index (κ3) is 3.89. The van der Waals surface area contributed by atoms with E-state index in [-0.39, 0.29) is 5.41 Å². The number of nitrogens with zero attached hydrogens (tertiary/aromatic N) is 5. The van der Waals surface area contributed by atoms with Crippen molar-refractivity contribution in [3.8, 4) is 11.5 Å². The minimum Gasteiger partial charge on any atom is -0.380 e. The van der Waals surface area contributed by atoms with Crippen LogP contribution in [0.2, 0.25) is 0 Å². The zero-order chi connectivity index (χ0) is 23.9. The summed E-state index contributed by atoms with van der Waals surface area (Å²) < 4.78 is 11.0. The number of aromatic nitrogens is 3. The SMILES string of the molecule is CC(C)c1ccc([C@](O)(c2cncc(-c3nc(N4CCOCC4)no3)c2)C2(C)CN(C)C2)cc1. The quantitative estimate of drug-likeness (QED) is 0.596. The van der Waals surface area contributed by atoms with E-state index < -0.39 is 5.60 Å². The number of pyridine rings is 1. The van der Waals surface area contributed by atoms with Crippen LogP contribution in [0.5, 0.6) is 0 Å². The molecule has 8 nitrogen and oxygen atoms in total. The van der Waals surface area contributed by atoms with Crippen LogP contribution in [0.3, 0.4) is 0 Å². The highest BCUT2D eigenvalue weighted by atomic mass is 16.5. The van der Waals surface area contributed by atoms with Gasteiger partial charge in [-0.05, 0) is 35.3 Å². The number of morpholine rings is 1. The molecule has 0 spiro atoms. The van der Waals surface area contributed by atoms with E-state index >= 15 is 0 Å². The second-order valence-electron chi connectivity index (χ2n) is 10.2. The molecule has 0 unspecified atom stereocenters. The summed E-state index contributed by atoms with van der Waals surface area (Å²) in [5.74, 6) is 1.37. The van der Waals surface area contributed by atoms with Gasteiger partial charge in [0, 0.05) is 49.6 Å². The van der Waals surface area contributed by atoms with E-state index in [1.165, 1.54) is 5.56 Å². The van der Waals surface area contributed by atoms with Crippen molar-refractivity contribution < 1.29 is 14.4 Å². The first-order valence-corrected chi connectivity index (χ1v) is 11.9. The van der Waals surface area contributed by atoms with Crippen molar-refractivity contribution in [2.24, 2.45) is 5.41 Å². The van der Waals surface area contributed by atoms with Gasteiger partial charge >= 0.3 is 0 Å². The number of rotatable bonds is 6. The van der Waals surface area contributed by atoms with Crippen molar-refractivity contribution in [2.75, 3.05) is 51.3 Å². The molecule has 180 valence electrons. The van der Waals surface area contributed by atoms with Crippen LogP contribution >= 0.6 is 0 Å². The van der Waals surface area contributed by atoms with Crippen LogP contribution in [-0.4, -0.2) is 71.6 Å². The fraction of sp³-hybridized carbons (Fsp3) is 0.500. The lowest BCUT2D eigenvalue weighted by Gasteiger charge is -2.55. The first kappa shape index (κ1) is 23.0. The molecule has 0 radical (unpaired) electrons. The first-order valence-electron chi connectivity index (χ1n) is 11.9. The van der Waals surface area contributed by atoms with Gasteiger partial charge in [-0.25, -0.2) is 0 Å². The van der Waals surface area contributed by atoms with Crippen molar-refractivity contribution in [2.45, 2.75) is 32.3 Å². The predicted octanol–water partition coefficient (Wildman–Crippen LogP) is 3.28. The van der Waals surface area contributed by atoms with Crippen LogP contribution in [0.25, 0.3) is 11.5 Å². The van der Waals surface area contributed by atoms with E-state index in [4.69, 9.17) is 9.26 Å². The topological polar surface area (TPSA) is 87.8 Å². The number of likely N-dealkylation sites (tertiary alicyclic amines) is 1. The van der Waals surface area contributed by atoms with Crippen LogP contribution in [-0.2, 0) is 10.3 Å². The molecule has 0 aliphatic carbocycles. The Morgan fingerprint density at radius 1 is 1.06 bits per heavy atom. The molecule has 0 amide bonds. The predicted molar refractivity (Wildman–Crippen MR) is 130 cm³/mol. The number of aliphatic hydroxyl groups is 1. The highest BCUT2D eigenvalue weighted by Gasteiger charge is 2.55. The zero-order valence-electron chi connectivity index (χ0n) is 20.4. The fourth-order valence-corrected chi connectivity index (χ4v) is 5.33. The van der Waals surface area contributed by atoms with Gasteiger partial charge in [0.25, 0.3) is 11.8 Å². The Labute approximate surface area is 200 Å². The average Bonchev–Trinajstić information content (AvgIpc) is 3.34. The summed E-state index contributed by atoms with van der Waals surface area (Å²) in [4.78, 5) is 13.3. The Morgan fingerprint density at radius 2 is 1.76 bits per heavy atom. The second-order valence-corrected chi connectivity index (χ2v) is 10.2. The van der Waals surface area contributed by atoms with Crippen molar-refractivity contribution in [3.63, 3.8) is 0 Å². The molecule has 2 aliphatic rings. The van der Waals surface area contributed by atoms with Crippen molar-refractivity contribution in [3.05, 3.63) is 59.4 Å². The molecular formula is C26H33N5O3. The summed E-state index contributed by atoms with van der Waals surface area (Å²) in [5.41, 5.74) is 1.95. The van der Waals surface area contributed by atoms with Gasteiger partial charge in [-0.2, -0.15) is 4.98 Å². The van der Waals surface area contributed by atoms with Crippen molar-refractivity contribution in [1.82, 2.24) is 20.0 Å². The van der Waals surface area contributed by atoms with Gasteiger partial charge in [0.05, 0.1) is 18.8 Å². The van der Waals surface area contributed by atoms with Crippen LogP contribution in [0.15, 0.2) is 47.2 Å². The van der Waals surface area contributed by atoms with E-state index in [9.17, 15) is 5.11 Å². The maximum Gasteiger partial charge on any atom is 0.266 e. The van der Waals surface area contributed by atoms with Crippen molar-refractivity contribution in [1.29, 1.82) is 0 Å². The highest BCUT2D eigenvalue weighted by molar-refractivity contribution is 5.56. The van der Waals surface area contributed by atoms with Crippen LogP contribution in [0.1, 0.15) is 43.4 Å². The Hall–Kier alpha value is -2.81. The van der Waals surface area contributed by atoms with E-state index in [1.54, 1.807) is 12.4 Å². The number of ether oxygens (including phenoxy) is 1. The summed E-state index contributed by atoms with van der Waals surface area (Å²) in [6, 6.07) is 10.3. The van der Waals surface area contributed by atoms with Crippen LogP contribution in [0.4, 0.5) is 5.95 Å². The summed E-state index contributed by atoms with van der Waals surface area (Å²) in [7, 11) is 2.07. The van der Waals surface area contributed by atoms with Gasteiger partial charge in [-0.15, -0.1) is 0 Å². The Balaban J connectivity index is 1.53. The molecule has 0 bridgehead atoms. The smallest absolute Gasteiger partial charge is 0.266 e. The summed E-state index contributed by atoms with van der Waals surface area (Å²) in [6.45, 7) is 10.8. The third-order valence-corrected chi connectivity index (χ3v) is 7.22. The minimum absolute atomic E-state index is 0.366. The molecule has 34 heavy (non-hydrogen) atoms. The van der Waals surface area contributed by atoms with Crippen LogP contribution in [0, 0.1) is 5.41 Å². The highest BCUT2D eigenvalue weighted by Crippen LogP contribution is 2.50. The molecule has 2 saturated heterocycles. The molecule has 4 heterocycles. The molecule has 2 aliphatic heterocycles. The number of benzene rings is 1. The fourth-order valence-electron chi connectivity index (χ4n) is 5.33.